The summed E-state index contributed by atoms with van der Waals surface area (Å²) >= 11 is 0. The van der Waals surface area contributed by atoms with Crippen molar-refractivity contribution in [2.45, 2.75) is 38.5 Å². The minimum Gasteiger partial charge on any atom is -0.355 e. The van der Waals surface area contributed by atoms with Gasteiger partial charge in [-0.2, -0.15) is 0 Å². The van der Waals surface area contributed by atoms with Gasteiger partial charge in [0.25, 0.3) is 0 Å². The van der Waals surface area contributed by atoms with Crippen molar-refractivity contribution in [3.8, 4) is 0 Å². The topological polar surface area (TPSA) is 29.1 Å². The minimum absolute atomic E-state index is 0.0618. The highest BCUT2D eigenvalue weighted by Crippen LogP contribution is 2.53. The van der Waals surface area contributed by atoms with Gasteiger partial charge in [-0.3, -0.25) is 4.79 Å². The third-order valence-electron chi connectivity index (χ3n) is 4.62. The van der Waals surface area contributed by atoms with Gasteiger partial charge < -0.3 is 5.32 Å². The Hall–Kier alpha value is -1.31. The van der Waals surface area contributed by atoms with Crippen LogP contribution >= 0.6 is 0 Å². The Morgan fingerprint density at radius 1 is 1.29 bits per heavy atom. The molecular weight excluding hydrogens is 210 g/mol. The molecule has 2 aliphatic rings. The smallest absolute Gasteiger partial charge is 0.226 e. The first-order valence-electron chi connectivity index (χ1n) is 6.63. The van der Waals surface area contributed by atoms with E-state index in [9.17, 15) is 4.79 Å². The molecule has 2 nitrogen and oxygen atoms in total. The molecule has 1 aromatic carbocycles. The Kier molecular flexibility index (Phi) is 2.46. The molecule has 0 bridgehead atoms. The lowest BCUT2D eigenvalue weighted by molar-refractivity contribution is -0.132. The van der Waals surface area contributed by atoms with Crippen LogP contribution in [0.4, 0.5) is 0 Å². The Bertz CT molecular complexity index is 431. The fourth-order valence-corrected chi connectivity index (χ4v) is 3.28. The van der Waals surface area contributed by atoms with Gasteiger partial charge >= 0.3 is 0 Å². The molecule has 17 heavy (non-hydrogen) atoms. The lowest BCUT2D eigenvalue weighted by atomic mass is 9.60. The molecule has 1 spiro atoms. The molecule has 2 fully saturated rings. The van der Waals surface area contributed by atoms with Gasteiger partial charge in [0.1, 0.15) is 0 Å². The van der Waals surface area contributed by atoms with Crippen LogP contribution in [-0.2, 0) is 11.2 Å². The maximum absolute atomic E-state index is 12.0. The number of aryl methyl sites for hydroxylation is 1. The summed E-state index contributed by atoms with van der Waals surface area (Å²) in [5.74, 6) is 0.683. The standard InChI is InChI=1S/C15H19NO/c1-2-11-4-6-12(7-5-11)13-10-16-14(17)15(13)8-3-9-15/h4-7,13H,2-3,8-10H2,1H3,(H,16,17)/t13-/m1/s1. The number of benzene rings is 1. The van der Waals surface area contributed by atoms with Gasteiger partial charge in [0, 0.05) is 12.5 Å². The van der Waals surface area contributed by atoms with Gasteiger partial charge in [-0.25, -0.2) is 0 Å². The van der Waals surface area contributed by atoms with Crippen LogP contribution in [0.1, 0.15) is 43.2 Å². The highest BCUT2D eigenvalue weighted by atomic mass is 16.2. The third-order valence-corrected chi connectivity index (χ3v) is 4.62. The molecule has 0 unspecified atom stereocenters. The summed E-state index contributed by atoms with van der Waals surface area (Å²) in [6.07, 6.45) is 4.42. The second kappa shape index (κ2) is 3.86. The number of amides is 1. The maximum atomic E-state index is 12.0. The first-order chi connectivity index (χ1) is 8.26. The van der Waals surface area contributed by atoms with E-state index in [1.807, 2.05) is 0 Å². The van der Waals surface area contributed by atoms with E-state index in [1.165, 1.54) is 17.5 Å². The molecule has 0 radical (unpaired) electrons. The van der Waals surface area contributed by atoms with Crippen molar-refractivity contribution >= 4 is 5.91 Å². The summed E-state index contributed by atoms with van der Waals surface area (Å²) in [7, 11) is 0. The maximum Gasteiger partial charge on any atom is 0.226 e. The lowest BCUT2D eigenvalue weighted by Gasteiger charge is -2.40. The largest absolute Gasteiger partial charge is 0.355 e. The highest BCUT2D eigenvalue weighted by Gasteiger charge is 2.54. The molecule has 1 heterocycles. The van der Waals surface area contributed by atoms with Crippen LogP contribution in [0.5, 0.6) is 0 Å². The fraction of sp³-hybridized carbons (Fsp3) is 0.533. The molecule has 2 heteroatoms. The zero-order chi connectivity index (χ0) is 11.9. The zero-order valence-corrected chi connectivity index (χ0v) is 10.3. The van der Waals surface area contributed by atoms with Crippen LogP contribution in [0.3, 0.4) is 0 Å². The molecule has 1 N–H and O–H groups in total. The first kappa shape index (κ1) is 10.8. The molecule has 1 saturated carbocycles. The number of rotatable bonds is 2. The molecule has 1 aromatic rings. The van der Waals surface area contributed by atoms with Gasteiger partial charge in [0.15, 0.2) is 0 Å². The number of carbonyl (C=O) groups excluding carboxylic acids is 1. The van der Waals surface area contributed by atoms with Crippen LogP contribution in [0.2, 0.25) is 0 Å². The molecule has 1 aliphatic carbocycles. The summed E-state index contributed by atoms with van der Waals surface area (Å²) < 4.78 is 0. The van der Waals surface area contributed by atoms with E-state index in [0.717, 1.165) is 25.8 Å². The van der Waals surface area contributed by atoms with Gasteiger partial charge in [0.05, 0.1) is 5.41 Å². The molecule has 1 amide bonds. The van der Waals surface area contributed by atoms with Crippen LogP contribution in [0.15, 0.2) is 24.3 Å². The predicted octanol–water partition coefficient (Wildman–Crippen LogP) is 2.63. The summed E-state index contributed by atoms with van der Waals surface area (Å²) in [6, 6.07) is 8.82. The van der Waals surface area contributed by atoms with E-state index in [1.54, 1.807) is 0 Å². The summed E-state index contributed by atoms with van der Waals surface area (Å²) in [5, 5.41) is 3.05. The van der Waals surface area contributed by atoms with Gasteiger partial charge in [-0.05, 0) is 30.4 Å². The van der Waals surface area contributed by atoms with E-state index in [4.69, 9.17) is 0 Å². The zero-order valence-electron chi connectivity index (χ0n) is 10.3. The quantitative estimate of drug-likeness (QED) is 0.830. The predicted molar refractivity (Wildman–Crippen MR) is 67.9 cm³/mol. The van der Waals surface area contributed by atoms with E-state index in [0.29, 0.717) is 5.92 Å². The average molecular weight is 229 g/mol. The minimum atomic E-state index is -0.0618. The summed E-state index contributed by atoms with van der Waals surface area (Å²) in [4.78, 5) is 12.0. The van der Waals surface area contributed by atoms with E-state index in [-0.39, 0.29) is 11.3 Å². The lowest BCUT2D eigenvalue weighted by Crippen LogP contribution is -2.40. The summed E-state index contributed by atoms with van der Waals surface area (Å²) in [5.41, 5.74) is 2.64. The average Bonchev–Trinajstić information content (AvgIpc) is 2.66. The van der Waals surface area contributed by atoms with Gasteiger partial charge in [0.2, 0.25) is 5.91 Å². The van der Waals surface area contributed by atoms with Crippen molar-refractivity contribution in [3.63, 3.8) is 0 Å². The molecule has 0 aromatic heterocycles. The molecule has 3 rings (SSSR count). The number of nitrogens with one attached hydrogen (secondary N) is 1. The SMILES string of the molecule is CCc1ccc([C@H]2CNC(=O)C23CCC3)cc1. The van der Waals surface area contributed by atoms with Crippen LogP contribution in [0.25, 0.3) is 0 Å². The third kappa shape index (κ3) is 1.50. The molecule has 1 saturated heterocycles. The normalized spacial score (nSPS) is 25.7. The molecule has 90 valence electrons. The number of hydrogen-bond donors (Lipinski definition) is 1. The van der Waals surface area contributed by atoms with Crippen molar-refractivity contribution in [1.29, 1.82) is 0 Å². The van der Waals surface area contributed by atoms with Crippen molar-refractivity contribution in [3.05, 3.63) is 35.4 Å². The van der Waals surface area contributed by atoms with Crippen molar-refractivity contribution < 1.29 is 4.79 Å². The monoisotopic (exact) mass is 229 g/mol. The Balaban J connectivity index is 1.90. The number of carbonyl (C=O) groups is 1. The second-order valence-corrected chi connectivity index (χ2v) is 5.37. The Morgan fingerprint density at radius 2 is 2.00 bits per heavy atom. The van der Waals surface area contributed by atoms with Crippen molar-refractivity contribution in [1.82, 2.24) is 5.32 Å². The van der Waals surface area contributed by atoms with E-state index in [2.05, 4.69) is 36.5 Å². The Morgan fingerprint density at radius 3 is 2.53 bits per heavy atom. The number of hydrogen-bond acceptors (Lipinski definition) is 1. The van der Waals surface area contributed by atoms with Crippen LogP contribution < -0.4 is 5.32 Å². The van der Waals surface area contributed by atoms with Crippen molar-refractivity contribution in [2.75, 3.05) is 6.54 Å². The fourth-order valence-electron chi connectivity index (χ4n) is 3.28. The first-order valence-corrected chi connectivity index (χ1v) is 6.63. The summed E-state index contributed by atoms with van der Waals surface area (Å²) in [6.45, 7) is 2.99. The van der Waals surface area contributed by atoms with E-state index >= 15 is 0 Å². The molecular formula is C15H19NO. The van der Waals surface area contributed by atoms with Crippen molar-refractivity contribution in [2.24, 2.45) is 5.41 Å². The second-order valence-electron chi connectivity index (χ2n) is 5.37. The van der Waals surface area contributed by atoms with Crippen LogP contribution in [0, 0.1) is 5.41 Å². The highest BCUT2D eigenvalue weighted by molar-refractivity contribution is 5.87. The van der Waals surface area contributed by atoms with E-state index < -0.39 is 0 Å². The van der Waals surface area contributed by atoms with Crippen LogP contribution in [-0.4, -0.2) is 12.5 Å². The molecule has 1 aliphatic heterocycles. The molecule has 1 atom stereocenters. The van der Waals surface area contributed by atoms with Gasteiger partial charge in [-0.1, -0.05) is 37.6 Å². The van der Waals surface area contributed by atoms with Gasteiger partial charge in [-0.15, -0.1) is 0 Å². The Labute approximate surface area is 102 Å².